The molecule has 0 unspecified atom stereocenters. The van der Waals surface area contributed by atoms with Crippen LogP contribution in [-0.2, 0) is 0 Å². The summed E-state index contributed by atoms with van der Waals surface area (Å²) in [6.45, 7) is 33.2. The van der Waals surface area contributed by atoms with Gasteiger partial charge in [0.1, 0.15) is 0 Å². The monoisotopic (exact) mass is 496 g/mol. The third kappa shape index (κ3) is 9.57. The van der Waals surface area contributed by atoms with Crippen LogP contribution in [0.15, 0.2) is 0 Å². The molecule has 7 heteroatoms. The van der Waals surface area contributed by atoms with E-state index in [0.717, 1.165) is 0 Å². The van der Waals surface area contributed by atoms with E-state index in [-0.39, 0.29) is 7.92 Å². The third-order valence-electron chi connectivity index (χ3n) is 8.44. The molecular formula is C27H57N6P. The molecule has 34 heavy (non-hydrogen) atoms. The summed E-state index contributed by atoms with van der Waals surface area (Å²) in [5, 5.41) is 0. The average molecular weight is 497 g/mol. The summed E-state index contributed by atoms with van der Waals surface area (Å²) in [7, 11) is 2.39. The van der Waals surface area contributed by atoms with Crippen molar-refractivity contribution < 1.29 is 0 Å². The highest BCUT2D eigenvalue weighted by Gasteiger charge is 2.28. The van der Waals surface area contributed by atoms with E-state index in [1.165, 1.54) is 117 Å². The van der Waals surface area contributed by atoms with Gasteiger partial charge in [-0.2, -0.15) is 0 Å². The van der Waals surface area contributed by atoms with Crippen LogP contribution in [0.5, 0.6) is 0 Å². The highest BCUT2D eigenvalue weighted by Crippen LogP contribution is 2.35. The fourth-order valence-electron chi connectivity index (χ4n) is 5.54. The first-order valence-corrected chi connectivity index (χ1v) is 16.0. The van der Waals surface area contributed by atoms with Gasteiger partial charge in [0.15, 0.2) is 0 Å². The smallest absolute Gasteiger partial charge is 0.0126 e. The van der Waals surface area contributed by atoms with Crippen molar-refractivity contribution in [1.82, 2.24) is 29.4 Å². The first-order valence-electron chi connectivity index (χ1n) is 14.1. The van der Waals surface area contributed by atoms with E-state index in [0.29, 0.717) is 11.1 Å². The molecule has 0 bridgehead atoms. The van der Waals surface area contributed by atoms with Gasteiger partial charge in [-0.15, -0.1) is 7.92 Å². The van der Waals surface area contributed by atoms with Gasteiger partial charge in [0, 0.05) is 109 Å². The maximum absolute atomic E-state index is 2.76. The van der Waals surface area contributed by atoms with E-state index < -0.39 is 0 Å². The molecule has 0 aromatic carbocycles. The molecule has 0 aromatic heterocycles. The quantitative estimate of drug-likeness (QED) is 0.454. The van der Waals surface area contributed by atoms with E-state index in [1.807, 2.05) is 0 Å². The lowest BCUT2D eigenvalue weighted by Crippen LogP contribution is -2.54. The van der Waals surface area contributed by atoms with E-state index in [1.54, 1.807) is 0 Å². The van der Waals surface area contributed by atoms with Gasteiger partial charge in [-0.1, -0.05) is 0 Å². The molecule has 200 valence electrons. The van der Waals surface area contributed by atoms with Crippen molar-refractivity contribution in [2.24, 2.45) is 0 Å². The Kier molecular flexibility index (Phi) is 11.1. The minimum atomic E-state index is 0.121. The highest BCUT2D eigenvalue weighted by atomic mass is 31.1. The maximum Gasteiger partial charge on any atom is 0.0126 e. The predicted molar refractivity (Wildman–Crippen MR) is 151 cm³/mol. The van der Waals surface area contributed by atoms with Gasteiger partial charge in [0.25, 0.3) is 0 Å². The summed E-state index contributed by atoms with van der Waals surface area (Å²) in [4.78, 5) is 16.1. The minimum Gasteiger partial charge on any atom is -0.304 e. The van der Waals surface area contributed by atoms with Gasteiger partial charge < -0.3 is 19.6 Å². The molecule has 3 aliphatic rings. The molecule has 0 atom stereocenters. The molecular weight excluding hydrogens is 439 g/mol. The van der Waals surface area contributed by atoms with Gasteiger partial charge in [-0.3, -0.25) is 9.80 Å². The van der Waals surface area contributed by atoms with Gasteiger partial charge in [-0.05, 0) is 67.1 Å². The Bertz CT molecular complexity index is 527. The number of likely N-dealkylation sites (N-methyl/N-ethyl adjacent to an activating group) is 1. The van der Waals surface area contributed by atoms with E-state index >= 15 is 0 Å². The molecule has 3 aliphatic heterocycles. The van der Waals surface area contributed by atoms with Gasteiger partial charge >= 0.3 is 0 Å². The molecule has 3 saturated heterocycles. The number of piperazine rings is 3. The number of rotatable bonds is 9. The molecule has 3 rings (SSSR count). The normalized spacial score (nSPS) is 24.4. The summed E-state index contributed by atoms with van der Waals surface area (Å²) in [5.41, 5.74) is 0.635. The van der Waals surface area contributed by atoms with Crippen LogP contribution in [0, 0.1) is 0 Å². The Morgan fingerprint density at radius 1 is 0.471 bits per heavy atom. The summed E-state index contributed by atoms with van der Waals surface area (Å²) in [6, 6.07) is 0. The van der Waals surface area contributed by atoms with E-state index in [4.69, 9.17) is 0 Å². The largest absolute Gasteiger partial charge is 0.304 e. The molecule has 0 saturated carbocycles. The Morgan fingerprint density at radius 2 is 0.765 bits per heavy atom. The Hall–Kier alpha value is 0.190. The fraction of sp³-hybridized carbons (Fsp3) is 1.00. The highest BCUT2D eigenvalue weighted by molar-refractivity contribution is 7.57. The van der Waals surface area contributed by atoms with Crippen LogP contribution >= 0.6 is 7.92 Å². The molecule has 3 fully saturated rings. The topological polar surface area (TPSA) is 19.4 Å². The first-order chi connectivity index (χ1) is 16.0. The number of hydrogen-bond acceptors (Lipinski definition) is 6. The lowest BCUT2D eigenvalue weighted by molar-refractivity contribution is 0.0645. The molecule has 0 radical (unpaired) electrons. The van der Waals surface area contributed by atoms with Crippen molar-refractivity contribution in [3.8, 4) is 0 Å². The second-order valence-electron chi connectivity index (χ2n) is 13.0. The molecule has 0 aromatic rings. The Balaban J connectivity index is 1.43. The lowest BCUT2D eigenvalue weighted by Gasteiger charge is -2.43. The van der Waals surface area contributed by atoms with Crippen LogP contribution in [0.4, 0.5) is 0 Å². The van der Waals surface area contributed by atoms with Crippen LogP contribution < -0.4 is 0 Å². The summed E-state index contributed by atoms with van der Waals surface area (Å²) in [5.74, 6) is 0. The van der Waals surface area contributed by atoms with Crippen LogP contribution in [-0.4, -0.2) is 164 Å². The van der Waals surface area contributed by atoms with Crippen molar-refractivity contribution >= 4 is 7.92 Å². The minimum absolute atomic E-state index is 0.121. The van der Waals surface area contributed by atoms with Crippen molar-refractivity contribution in [2.75, 3.05) is 124 Å². The van der Waals surface area contributed by atoms with Gasteiger partial charge in [0.05, 0.1) is 0 Å². The lowest BCUT2D eigenvalue weighted by atomic mass is 10.1. The van der Waals surface area contributed by atoms with Crippen LogP contribution in [0.25, 0.3) is 0 Å². The third-order valence-corrected chi connectivity index (χ3v) is 10.9. The van der Waals surface area contributed by atoms with Crippen LogP contribution in [0.2, 0.25) is 0 Å². The van der Waals surface area contributed by atoms with Crippen molar-refractivity contribution in [2.45, 2.75) is 52.6 Å². The van der Waals surface area contributed by atoms with E-state index in [2.05, 4.69) is 78.0 Å². The Labute approximate surface area is 213 Å². The number of nitrogens with zero attached hydrogens (tertiary/aromatic N) is 6. The zero-order valence-corrected chi connectivity index (χ0v) is 24.8. The standard InChI is InChI=1S/C27H57N6P/c1-26(2,3)32-16-12-30(13-17-32)21-24-34(23-20-29-10-8-28(7)9-11-29)25-22-31-14-18-33(19-15-31)27(4,5)6/h8-25H2,1-7H3. The predicted octanol–water partition coefficient (Wildman–Crippen LogP) is 2.55. The molecule has 6 nitrogen and oxygen atoms in total. The zero-order valence-electron chi connectivity index (χ0n) is 23.9. The van der Waals surface area contributed by atoms with Crippen molar-refractivity contribution in [3.63, 3.8) is 0 Å². The summed E-state index contributed by atoms with van der Waals surface area (Å²) in [6.07, 6.45) is 4.34. The average Bonchev–Trinajstić information content (AvgIpc) is 2.79. The number of hydrogen-bond donors (Lipinski definition) is 0. The zero-order chi connectivity index (χ0) is 24.8. The summed E-state index contributed by atoms with van der Waals surface area (Å²) >= 11 is 0. The molecule has 3 heterocycles. The molecule has 0 amide bonds. The molecule has 0 aliphatic carbocycles. The van der Waals surface area contributed by atoms with Crippen molar-refractivity contribution in [1.29, 1.82) is 0 Å². The van der Waals surface area contributed by atoms with Crippen molar-refractivity contribution in [3.05, 3.63) is 0 Å². The van der Waals surface area contributed by atoms with Gasteiger partial charge in [0.2, 0.25) is 0 Å². The molecule has 0 N–H and O–H groups in total. The SMILES string of the molecule is CN1CCN(CCP(CCN2CCN(C(C)(C)C)CC2)CCN2CCN(C(C)(C)C)CC2)CC1. The maximum atomic E-state index is 2.76. The summed E-state index contributed by atoms with van der Waals surface area (Å²) < 4.78 is 0. The second kappa shape index (κ2) is 13.1. The second-order valence-corrected chi connectivity index (χ2v) is 15.7. The fourth-order valence-corrected chi connectivity index (χ4v) is 7.91. The molecule has 0 spiro atoms. The Morgan fingerprint density at radius 3 is 1.06 bits per heavy atom. The van der Waals surface area contributed by atoms with Gasteiger partial charge in [-0.25, -0.2) is 0 Å². The van der Waals surface area contributed by atoms with Crippen LogP contribution in [0.1, 0.15) is 41.5 Å². The van der Waals surface area contributed by atoms with Crippen LogP contribution in [0.3, 0.4) is 0 Å². The van der Waals surface area contributed by atoms with E-state index in [9.17, 15) is 0 Å². The first kappa shape index (κ1) is 28.8.